The quantitative estimate of drug-likeness (QED) is 0.454. The Balaban J connectivity index is 2.08. The molecule has 0 aliphatic heterocycles. The Morgan fingerprint density at radius 2 is 1.77 bits per heavy atom. The van der Waals surface area contributed by atoms with Gasteiger partial charge in [0.2, 0.25) is 0 Å². The minimum absolute atomic E-state index is 0.0470. The topological polar surface area (TPSA) is 71.5 Å². The summed E-state index contributed by atoms with van der Waals surface area (Å²) in [5.74, 6) is -0.818. The van der Waals surface area contributed by atoms with Crippen LogP contribution in [0.1, 0.15) is 25.7 Å². The molecule has 3 aromatic rings. The number of aryl methyl sites for hydroxylation is 1. The van der Waals surface area contributed by atoms with Crippen molar-refractivity contribution in [2.24, 2.45) is 0 Å². The van der Waals surface area contributed by atoms with Crippen LogP contribution in [0, 0.1) is 6.92 Å². The van der Waals surface area contributed by atoms with E-state index in [1.54, 1.807) is 43.3 Å². The SMILES string of the molecule is COCNC(=O)c1nc(N(C(=O)c2ccc(Cl)cc2Cl)c2ccc(Cl)cc2)sc1C. The molecular weight excluding hydrogens is 469 g/mol. The first-order valence-electron chi connectivity index (χ1n) is 8.61. The zero-order valence-electron chi connectivity index (χ0n) is 15.9. The van der Waals surface area contributed by atoms with Gasteiger partial charge < -0.3 is 10.1 Å². The first kappa shape index (κ1) is 22.5. The number of benzene rings is 2. The monoisotopic (exact) mass is 483 g/mol. The van der Waals surface area contributed by atoms with Crippen LogP contribution in [0.5, 0.6) is 0 Å². The van der Waals surface area contributed by atoms with Crippen molar-refractivity contribution in [1.29, 1.82) is 0 Å². The van der Waals surface area contributed by atoms with Crippen LogP contribution in [-0.4, -0.2) is 30.6 Å². The van der Waals surface area contributed by atoms with Crippen LogP contribution >= 0.6 is 46.1 Å². The molecular formula is C20H16Cl3N3O3S. The number of nitrogens with zero attached hydrogens (tertiary/aromatic N) is 2. The Hall–Kier alpha value is -2.16. The summed E-state index contributed by atoms with van der Waals surface area (Å²) in [6.45, 7) is 1.80. The highest BCUT2D eigenvalue weighted by molar-refractivity contribution is 7.16. The average Bonchev–Trinajstić information content (AvgIpc) is 3.09. The summed E-state index contributed by atoms with van der Waals surface area (Å²) >= 11 is 19.4. The van der Waals surface area contributed by atoms with Gasteiger partial charge in [-0.15, -0.1) is 11.3 Å². The molecule has 0 aliphatic carbocycles. The fourth-order valence-electron chi connectivity index (χ4n) is 2.60. The molecule has 1 aromatic heterocycles. The third-order valence-corrected chi connectivity index (χ3v) is 5.77. The van der Waals surface area contributed by atoms with Crippen molar-refractivity contribution in [3.05, 3.63) is 73.7 Å². The Morgan fingerprint density at radius 1 is 1.10 bits per heavy atom. The molecule has 0 unspecified atom stereocenters. The van der Waals surface area contributed by atoms with Gasteiger partial charge in [-0.1, -0.05) is 34.8 Å². The second kappa shape index (κ2) is 9.76. The highest BCUT2D eigenvalue weighted by atomic mass is 35.5. The van der Waals surface area contributed by atoms with Gasteiger partial charge >= 0.3 is 0 Å². The molecule has 0 saturated carbocycles. The number of hydrogen-bond donors (Lipinski definition) is 1. The Kier molecular flexibility index (Phi) is 7.33. The number of aromatic nitrogens is 1. The number of carbonyl (C=O) groups excluding carboxylic acids is 2. The maximum Gasteiger partial charge on any atom is 0.272 e. The number of amides is 2. The first-order chi connectivity index (χ1) is 14.3. The van der Waals surface area contributed by atoms with Gasteiger partial charge in [0, 0.05) is 22.0 Å². The predicted octanol–water partition coefficient (Wildman–Crippen LogP) is 5.72. The fraction of sp³-hybridized carbons (Fsp3) is 0.150. The molecule has 2 amide bonds. The highest BCUT2D eigenvalue weighted by Gasteiger charge is 2.27. The Labute approximate surface area is 192 Å². The van der Waals surface area contributed by atoms with Crippen molar-refractivity contribution in [3.8, 4) is 0 Å². The summed E-state index contributed by atoms with van der Waals surface area (Å²) in [5, 5.41) is 4.04. The molecule has 0 spiro atoms. The van der Waals surface area contributed by atoms with Crippen LogP contribution in [0.3, 0.4) is 0 Å². The van der Waals surface area contributed by atoms with Crippen molar-refractivity contribution in [2.75, 3.05) is 18.7 Å². The van der Waals surface area contributed by atoms with E-state index in [1.807, 2.05) is 0 Å². The van der Waals surface area contributed by atoms with Crippen LogP contribution in [0.25, 0.3) is 0 Å². The van der Waals surface area contributed by atoms with E-state index in [9.17, 15) is 9.59 Å². The third kappa shape index (κ3) is 4.94. The largest absolute Gasteiger partial charge is 0.364 e. The smallest absolute Gasteiger partial charge is 0.272 e. The molecule has 3 rings (SSSR count). The van der Waals surface area contributed by atoms with Gasteiger partial charge in [-0.3, -0.25) is 14.5 Å². The number of rotatable bonds is 6. The Morgan fingerprint density at radius 3 is 2.40 bits per heavy atom. The lowest BCUT2D eigenvalue weighted by atomic mass is 10.2. The van der Waals surface area contributed by atoms with Crippen molar-refractivity contribution >= 4 is 68.8 Å². The van der Waals surface area contributed by atoms with Crippen LogP contribution in [0.2, 0.25) is 15.1 Å². The molecule has 0 fully saturated rings. The lowest BCUT2D eigenvalue weighted by molar-refractivity contribution is 0.0866. The first-order valence-corrected chi connectivity index (χ1v) is 10.6. The standard InChI is InChI=1S/C20H16Cl3N3O3S/c1-11-17(18(27)24-10-29-2)25-20(30-11)26(14-6-3-12(21)4-7-14)19(28)15-8-5-13(22)9-16(15)23/h3-9H,10H2,1-2H3,(H,24,27). The van der Waals surface area contributed by atoms with Crippen LogP contribution in [0.15, 0.2) is 42.5 Å². The summed E-state index contributed by atoms with van der Waals surface area (Å²) in [4.78, 5) is 32.2. The minimum atomic E-state index is -0.420. The van der Waals surface area contributed by atoms with Crippen molar-refractivity contribution in [3.63, 3.8) is 0 Å². The molecule has 0 atom stereocenters. The molecule has 156 valence electrons. The van der Waals surface area contributed by atoms with E-state index in [2.05, 4.69) is 10.3 Å². The maximum atomic E-state index is 13.4. The van der Waals surface area contributed by atoms with E-state index in [0.29, 0.717) is 25.7 Å². The molecule has 1 heterocycles. The Bertz CT molecular complexity index is 1090. The number of anilines is 2. The molecule has 0 saturated heterocycles. The van der Waals surface area contributed by atoms with Gasteiger partial charge in [0.1, 0.15) is 12.4 Å². The molecule has 10 heteroatoms. The minimum Gasteiger partial charge on any atom is -0.364 e. The zero-order valence-corrected chi connectivity index (χ0v) is 19.0. The van der Waals surface area contributed by atoms with E-state index in [1.165, 1.54) is 29.4 Å². The summed E-state index contributed by atoms with van der Waals surface area (Å²) in [5.41, 5.74) is 0.975. The van der Waals surface area contributed by atoms with E-state index in [0.717, 1.165) is 0 Å². The van der Waals surface area contributed by atoms with E-state index < -0.39 is 11.8 Å². The van der Waals surface area contributed by atoms with Gasteiger partial charge in [-0.05, 0) is 49.4 Å². The number of thiazole rings is 1. The van der Waals surface area contributed by atoms with E-state index in [4.69, 9.17) is 39.5 Å². The van der Waals surface area contributed by atoms with Gasteiger partial charge in [-0.25, -0.2) is 4.98 Å². The summed E-state index contributed by atoms with van der Waals surface area (Å²) in [7, 11) is 1.47. The number of halogens is 3. The fourth-order valence-corrected chi connectivity index (χ4v) is 4.14. The van der Waals surface area contributed by atoms with Gasteiger partial charge in [0.25, 0.3) is 11.8 Å². The normalized spacial score (nSPS) is 10.7. The molecule has 0 bridgehead atoms. The molecule has 0 radical (unpaired) electrons. The molecule has 2 aromatic carbocycles. The highest BCUT2D eigenvalue weighted by Crippen LogP contribution is 2.35. The summed E-state index contributed by atoms with van der Waals surface area (Å²) in [6.07, 6.45) is 0. The third-order valence-electron chi connectivity index (χ3n) is 4.02. The molecule has 30 heavy (non-hydrogen) atoms. The number of ether oxygens (including phenoxy) is 1. The van der Waals surface area contributed by atoms with E-state index in [-0.39, 0.29) is 23.0 Å². The average molecular weight is 485 g/mol. The second-order valence-corrected chi connectivity index (χ2v) is 8.54. The van der Waals surface area contributed by atoms with Gasteiger partial charge in [0.15, 0.2) is 5.13 Å². The molecule has 6 nitrogen and oxygen atoms in total. The predicted molar refractivity (Wildman–Crippen MR) is 121 cm³/mol. The van der Waals surface area contributed by atoms with Gasteiger partial charge in [0.05, 0.1) is 16.3 Å². The van der Waals surface area contributed by atoms with Crippen LogP contribution in [0.4, 0.5) is 10.8 Å². The van der Waals surface area contributed by atoms with Crippen LogP contribution in [-0.2, 0) is 4.74 Å². The summed E-state index contributed by atoms with van der Waals surface area (Å²) in [6, 6.07) is 11.3. The number of methoxy groups -OCH3 is 1. The molecule has 0 aliphatic rings. The summed E-state index contributed by atoms with van der Waals surface area (Å²) < 4.78 is 4.87. The second-order valence-electron chi connectivity index (χ2n) is 6.08. The zero-order chi connectivity index (χ0) is 21.8. The number of hydrogen-bond acceptors (Lipinski definition) is 5. The number of nitrogens with one attached hydrogen (secondary N) is 1. The number of carbonyl (C=O) groups is 2. The maximum absolute atomic E-state index is 13.4. The van der Waals surface area contributed by atoms with Crippen molar-refractivity contribution in [1.82, 2.24) is 10.3 Å². The van der Waals surface area contributed by atoms with Crippen LogP contribution < -0.4 is 10.2 Å². The lowest BCUT2D eigenvalue weighted by Crippen LogP contribution is -2.28. The lowest BCUT2D eigenvalue weighted by Gasteiger charge is -2.21. The molecule has 1 N–H and O–H groups in total. The van der Waals surface area contributed by atoms with Gasteiger partial charge in [-0.2, -0.15) is 0 Å². The van der Waals surface area contributed by atoms with Crippen molar-refractivity contribution in [2.45, 2.75) is 6.92 Å². The van der Waals surface area contributed by atoms with E-state index >= 15 is 0 Å². The van der Waals surface area contributed by atoms with Crippen molar-refractivity contribution < 1.29 is 14.3 Å².